The summed E-state index contributed by atoms with van der Waals surface area (Å²) < 4.78 is 0. The van der Waals surface area contributed by atoms with E-state index in [0.29, 0.717) is 26.1 Å². The van der Waals surface area contributed by atoms with Gasteiger partial charge in [-0.1, -0.05) is 17.7 Å². The Kier molecular flexibility index (Phi) is 3.44. The highest BCUT2D eigenvalue weighted by Gasteiger charge is 2.35. The fourth-order valence-corrected chi connectivity index (χ4v) is 2.56. The topological polar surface area (TPSA) is 61.4 Å². The first-order chi connectivity index (χ1) is 9.65. The highest BCUT2D eigenvalue weighted by molar-refractivity contribution is 6.01. The molecule has 2 amide bonds. The van der Waals surface area contributed by atoms with E-state index in [4.69, 9.17) is 0 Å². The van der Waals surface area contributed by atoms with Gasteiger partial charge in [0.2, 0.25) is 11.8 Å². The van der Waals surface area contributed by atoms with Crippen molar-refractivity contribution in [1.82, 2.24) is 10.6 Å². The lowest BCUT2D eigenvalue weighted by molar-refractivity contribution is -0.130. The summed E-state index contributed by atoms with van der Waals surface area (Å²) in [6.07, 6.45) is 0.679. The quantitative estimate of drug-likeness (QED) is 0.840. The predicted molar refractivity (Wildman–Crippen MR) is 76.4 cm³/mol. The Balaban J connectivity index is 1.64. The zero-order valence-corrected chi connectivity index (χ0v) is 11.6. The summed E-state index contributed by atoms with van der Waals surface area (Å²) in [6.45, 7) is 4.11. The second kappa shape index (κ2) is 5.25. The molecule has 0 radical (unpaired) electrons. The van der Waals surface area contributed by atoms with Gasteiger partial charge in [-0.2, -0.15) is 0 Å². The first kappa shape index (κ1) is 13.1. The molecule has 2 heterocycles. The van der Waals surface area contributed by atoms with Gasteiger partial charge in [-0.25, -0.2) is 0 Å². The van der Waals surface area contributed by atoms with Gasteiger partial charge in [0.05, 0.1) is 5.92 Å². The summed E-state index contributed by atoms with van der Waals surface area (Å²) in [5.74, 6) is 0.0126. The van der Waals surface area contributed by atoms with Gasteiger partial charge in [0, 0.05) is 25.3 Å². The van der Waals surface area contributed by atoms with E-state index >= 15 is 0 Å². The molecular weight excluding hydrogens is 254 g/mol. The van der Waals surface area contributed by atoms with Crippen LogP contribution in [0.3, 0.4) is 0 Å². The fourth-order valence-electron chi connectivity index (χ4n) is 2.56. The highest BCUT2D eigenvalue weighted by atomic mass is 16.2. The number of carbonyl (C=O) groups is 2. The van der Waals surface area contributed by atoms with E-state index in [1.54, 1.807) is 4.90 Å². The molecule has 1 unspecified atom stereocenters. The van der Waals surface area contributed by atoms with Crippen molar-refractivity contribution < 1.29 is 9.59 Å². The zero-order valence-electron chi connectivity index (χ0n) is 11.6. The average Bonchev–Trinajstić information content (AvgIpc) is 2.70. The van der Waals surface area contributed by atoms with Crippen molar-refractivity contribution in [1.29, 1.82) is 0 Å². The number of carbonyl (C=O) groups excluding carboxylic acids is 2. The number of anilines is 1. The van der Waals surface area contributed by atoms with Gasteiger partial charge in [-0.05, 0) is 25.5 Å². The summed E-state index contributed by atoms with van der Waals surface area (Å²) in [6, 6.07) is 7.52. The SMILES string of the molecule is Cc1ccc(N2CCC(NC(=O)C3CNC3)C2=O)cc1. The van der Waals surface area contributed by atoms with Crippen LogP contribution in [0.2, 0.25) is 0 Å². The minimum absolute atomic E-state index is 0.00511. The highest BCUT2D eigenvalue weighted by Crippen LogP contribution is 2.22. The minimum atomic E-state index is -0.371. The Labute approximate surface area is 118 Å². The van der Waals surface area contributed by atoms with E-state index < -0.39 is 0 Å². The van der Waals surface area contributed by atoms with Gasteiger partial charge in [-0.15, -0.1) is 0 Å². The van der Waals surface area contributed by atoms with Crippen molar-refractivity contribution in [3.8, 4) is 0 Å². The summed E-state index contributed by atoms with van der Waals surface area (Å²) >= 11 is 0. The molecule has 1 atom stereocenters. The summed E-state index contributed by atoms with van der Waals surface area (Å²) in [5, 5.41) is 5.93. The van der Waals surface area contributed by atoms with Gasteiger partial charge in [-0.3, -0.25) is 9.59 Å². The van der Waals surface area contributed by atoms with Crippen molar-refractivity contribution in [3.63, 3.8) is 0 Å². The molecule has 5 heteroatoms. The summed E-state index contributed by atoms with van der Waals surface area (Å²) in [4.78, 5) is 26.0. The van der Waals surface area contributed by atoms with Crippen LogP contribution in [0.1, 0.15) is 12.0 Å². The third kappa shape index (κ3) is 2.41. The van der Waals surface area contributed by atoms with Gasteiger partial charge in [0.15, 0.2) is 0 Å². The average molecular weight is 273 g/mol. The van der Waals surface area contributed by atoms with Crippen molar-refractivity contribution >= 4 is 17.5 Å². The minimum Gasteiger partial charge on any atom is -0.344 e. The van der Waals surface area contributed by atoms with E-state index in [1.165, 1.54) is 5.56 Å². The van der Waals surface area contributed by atoms with Crippen molar-refractivity contribution in [2.75, 3.05) is 24.5 Å². The van der Waals surface area contributed by atoms with E-state index in [0.717, 1.165) is 5.69 Å². The van der Waals surface area contributed by atoms with E-state index in [2.05, 4.69) is 10.6 Å². The molecule has 0 aliphatic carbocycles. The van der Waals surface area contributed by atoms with Crippen LogP contribution in [0.25, 0.3) is 0 Å². The molecular formula is C15H19N3O2. The van der Waals surface area contributed by atoms with Crippen LogP contribution in [0, 0.1) is 12.8 Å². The molecule has 20 heavy (non-hydrogen) atoms. The molecule has 0 aromatic heterocycles. The molecule has 2 saturated heterocycles. The monoisotopic (exact) mass is 273 g/mol. The second-order valence-corrected chi connectivity index (χ2v) is 5.53. The largest absolute Gasteiger partial charge is 0.344 e. The molecule has 2 N–H and O–H groups in total. The Morgan fingerprint density at radius 3 is 2.60 bits per heavy atom. The Morgan fingerprint density at radius 1 is 1.30 bits per heavy atom. The van der Waals surface area contributed by atoms with Crippen LogP contribution >= 0.6 is 0 Å². The lowest BCUT2D eigenvalue weighted by atomic mass is 10.0. The van der Waals surface area contributed by atoms with E-state index in [-0.39, 0.29) is 23.8 Å². The van der Waals surface area contributed by atoms with Crippen LogP contribution < -0.4 is 15.5 Å². The number of aryl methyl sites for hydroxylation is 1. The van der Waals surface area contributed by atoms with Crippen LogP contribution in [0.4, 0.5) is 5.69 Å². The zero-order chi connectivity index (χ0) is 14.1. The molecule has 0 spiro atoms. The molecule has 1 aromatic rings. The van der Waals surface area contributed by atoms with Gasteiger partial charge >= 0.3 is 0 Å². The number of nitrogens with one attached hydrogen (secondary N) is 2. The third-order valence-electron chi connectivity index (χ3n) is 4.02. The Bertz CT molecular complexity index is 522. The molecule has 106 valence electrons. The number of hydrogen-bond donors (Lipinski definition) is 2. The summed E-state index contributed by atoms with van der Waals surface area (Å²) in [5.41, 5.74) is 2.07. The lowest BCUT2D eigenvalue weighted by Crippen LogP contribution is -2.54. The van der Waals surface area contributed by atoms with Gasteiger partial charge < -0.3 is 15.5 Å². The molecule has 2 fully saturated rings. The standard InChI is InChI=1S/C15H19N3O2/c1-10-2-4-12(5-3-10)18-7-6-13(15(18)20)17-14(19)11-8-16-9-11/h2-5,11,13,16H,6-9H2,1H3,(H,17,19). The molecule has 3 rings (SSSR count). The Morgan fingerprint density at radius 2 is 2.00 bits per heavy atom. The van der Waals surface area contributed by atoms with E-state index in [9.17, 15) is 9.59 Å². The van der Waals surface area contributed by atoms with Crippen LogP contribution in [0.15, 0.2) is 24.3 Å². The van der Waals surface area contributed by atoms with Crippen molar-refractivity contribution in [2.24, 2.45) is 5.92 Å². The fraction of sp³-hybridized carbons (Fsp3) is 0.467. The maximum absolute atomic E-state index is 12.4. The van der Waals surface area contributed by atoms with Crippen molar-refractivity contribution in [2.45, 2.75) is 19.4 Å². The lowest BCUT2D eigenvalue weighted by Gasteiger charge is -2.27. The van der Waals surface area contributed by atoms with E-state index in [1.807, 2.05) is 31.2 Å². The number of nitrogens with zero attached hydrogens (tertiary/aromatic N) is 1. The smallest absolute Gasteiger partial charge is 0.249 e. The second-order valence-electron chi connectivity index (χ2n) is 5.53. The number of hydrogen-bond acceptors (Lipinski definition) is 3. The number of benzene rings is 1. The van der Waals surface area contributed by atoms with Gasteiger partial charge in [0.25, 0.3) is 0 Å². The Hall–Kier alpha value is -1.88. The predicted octanol–water partition coefficient (Wildman–Crippen LogP) is 0.436. The molecule has 5 nitrogen and oxygen atoms in total. The first-order valence-electron chi connectivity index (χ1n) is 7.04. The molecule has 0 saturated carbocycles. The molecule has 2 aliphatic rings. The van der Waals surface area contributed by atoms with Crippen LogP contribution in [-0.4, -0.2) is 37.5 Å². The van der Waals surface area contributed by atoms with Gasteiger partial charge in [0.1, 0.15) is 6.04 Å². The number of amides is 2. The molecule has 1 aromatic carbocycles. The molecule has 2 aliphatic heterocycles. The first-order valence-corrected chi connectivity index (χ1v) is 7.04. The normalized spacial score (nSPS) is 22.8. The maximum atomic E-state index is 12.4. The van der Waals surface area contributed by atoms with Crippen molar-refractivity contribution in [3.05, 3.63) is 29.8 Å². The number of rotatable bonds is 3. The summed E-state index contributed by atoms with van der Waals surface area (Å²) in [7, 11) is 0. The van der Waals surface area contributed by atoms with Crippen LogP contribution in [0.5, 0.6) is 0 Å². The maximum Gasteiger partial charge on any atom is 0.249 e. The third-order valence-corrected chi connectivity index (χ3v) is 4.02. The van der Waals surface area contributed by atoms with Crippen LogP contribution in [-0.2, 0) is 9.59 Å². The molecule has 0 bridgehead atoms.